The predicted octanol–water partition coefficient (Wildman–Crippen LogP) is 5.09. The molecule has 1 heterocycles. The monoisotopic (exact) mass is 388 g/mol. The van der Waals surface area contributed by atoms with Gasteiger partial charge in [0.25, 0.3) is 0 Å². The van der Waals surface area contributed by atoms with Gasteiger partial charge in [-0.3, -0.25) is 4.79 Å². The quantitative estimate of drug-likeness (QED) is 0.737. The summed E-state index contributed by atoms with van der Waals surface area (Å²) in [5, 5.41) is 20.6. The van der Waals surface area contributed by atoms with E-state index in [0.717, 1.165) is 36.1 Å². The second-order valence-electron chi connectivity index (χ2n) is 10.2. The molecule has 1 fully saturated rings. The zero-order valence-corrected chi connectivity index (χ0v) is 18.2. The van der Waals surface area contributed by atoms with E-state index >= 15 is 0 Å². The zero-order chi connectivity index (χ0) is 20.9. The number of aromatic hydroxyl groups is 1. The van der Waals surface area contributed by atoms with Gasteiger partial charge >= 0.3 is 0 Å². The molecule has 0 saturated heterocycles. The minimum absolute atomic E-state index is 0.0322. The van der Waals surface area contributed by atoms with E-state index in [4.69, 9.17) is 4.74 Å². The summed E-state index contributed by atoms with van der Waals surface area (Å²) in [6.45, 7) is 12.6. The summed E-state index contributed by atoms with van der Waals surface area (Å²) < 4.78 is 6.41. The van der Waals surface area contributed by atoms with E-state index < -0.39 is 0 Å². The number of carbonyl (C=O) groups is 1. The van der Waals surface area contributed by atoms with E-state index in [0.29, 0.717) is 18.8 Å². The lowest BCUT2D eigenvalue weighted by Crippen LogP contribution is -2.47. The van der Waals surface area contributed by atoms with Crippen molar-refractivity contribution in [1.82, 2.24) is 0 Å². The average Bonchev–Trinajstić information content (AvgIpc) is 2.57. The Labute approximate surface area is 169 Å². The van der Waals surface area contributed by atoms with Crippen molar-refractivity contribution in [2.45, 2.75) is 96.7 Å². The van der Waals surface area contributed by atoms with Crippen molar-refractivity contribution >= 4 is 5.78 Å². The fourth-order valence-electron chi connectivity index (χ4n) is 5.08. The highest BCUT2D eigenvalue weighted by Gasteiger charge is 2.48. The molecular formula is C24H36O4. The molecule has 4 atom stereocenters. The van der Waals surface area contributed by atoms with Gasteiger partial charge in [0.1, 0.15) is 22.9 Å². The van der Waals surface area contributed by atoms with Crippen molar-refractivity contribution in [3.8, 4) is 11.5 Å². The van der Waals surface area contributed by atoms with Gasteiger partial charge in [-0.25, -0.2) is 0 Å². The molecule has 4 nitrogen and oxygen atoms in total. The predicted molar refractivity (Wildman–Crippen MR) is 111 cm³/mol. The van der Waals surface area contributed by atoms with Crippen LogP contribution in [0.1, 0.15) is 90.7 Å². The molecule has 2 N–H and O–H groups in total. The Kier molecular flexibility index (Phi) is 5.57. The van der Waals surface area contributed by atoms with Crippen molar-refractivity contribution in [2.75, 3.05) is 0 Å². The van der Waals surface area contributed by atoms with Crippen molar-refractivity contribution in [1.29, 1.82) is 0 Å². The van der Waals surface area contributed by atoms with Crippen molar-refractivity contribution in [3.63, 3.8) is 0 Å². The smallest absolute Gasteiger partial charge is 0.133 e. The summed E-state index contributed by atoms with van der Waals surface area (Å²) in [5.41, 5.74) is 1.33. The minimum atomic E-state index is -0.356. The zero-order valence-electron chi connectivity index (χ0n) is 18.2. The van der Waals surface area contributed by atoms with Gasteiger partial charge in [-0.05, 0) is 69.1 Å². The molecule has 0 aromatic heterocycles. The van der Waals surface area contributed by atoms with Crippen molar-refractivity contribution < 1.29 is 19.7 Å². The van der Waals surface area contributed by atoms with Crippen LogP contribution in [0, 0.1) is 11.8 Å². The van der Waals surface area contributed by atoms with Crippen molar-refractivity contribution in [2.24, 2.45) is 11.8 Å². The molecule has 0 spiro atoms. The fourth-order valence-corrected chi connectivity index (χ4v) is 5.08. The van der Waals surface area contributed by atoms with Gasteiger partial charge in [0.05, 0.1) is 6.10 Å². The number of aliphatic hydroxyl groups excluding tert-OH is 1. The number of benzene rings is 1. The van der Waals surface area contributed by atoms with Crippen LogP contribution in [0.25, 0.3) is 0 Å². The lowest BCUT2D eigenvalue weighted by Gasteiger charge is -2.47. The van der Waals surface area contributed by atoms with Gasteiger partial charge in [-0.15, -0.1) is 0 Å². The summed E-state index contributed by atoms with van der Waals surface area (Å²) in [7, 11) is 0. The van der Waals surface area contributed by atoms with Crippen LogP contribution in [0.4, 0.5) is 0 Å². The van der Waals surface area contributed by atoms with Gasteiger partial charge in [-0.2, -0.15) is 0 Å². The number of fused-ring (bicyclic) bond motifs is 3. The third kappa shape index (κ3) is 3.80. The molecule has 1 aliphatic carbocycles. The van der Waals surface area contributed by atoms with Gasteiger partial charge < -0.3 is 14.9 Å². The van der Waals surface area contributed by atoms with E-state index in [9.17, 15) is 15.0 Å². The van der Waals surface area contributed by atoms with Crippen LogP contribution in [0.5, 0.6) is 11.5 Å². The molecule has 156 valence electrons. The number of Topliss-reactive ketones (excluding diaryl/α,β-unsaturated/α-hetero) is 1. The van der Waals surface area contributed by atoms with Crippen LogP contribution in [0.15, 0.2) is 12.1 Å². The van der Waals surface area contributed by atoms with Gasteiger partial charge in [0.2, 0.25) is 0 Å². The molecule has 1 aromatic carbocycles. The molecule has 2 unspecified atom stereocenters. The van der Waals surface area contributed by atoms with Crippen LogP contribution in [0.3, 0.4) is 0 Å². The van der Waals surface area contributed by atoms with Crippen molar-refractivity contribution in [3.05, 3.63) is 23.3 Å². The number of rotatable bonds is 5. The van der Waals surface area contributed by atoms with E-state index in [1.165, 1.54) is 0 Å². The standard InChI is InChI=1S/C24H36O4/c1-14(7-8-15(2)25)23(3,4)16-11-20(27)22-18-13-17(26)9-10-19(18)24(5,6)28-21(22)12-16/h11-12,14-15,18-19,25,27H,7-10,13H2,1-6H3/t14?,15?,18-,19+/m1/s1. The highest BCUT2D eigenvalue weighted by Crippen LogP contribution is 2.54. The number of hydrogen-bond donors (Lipinski definition) is 2. The summed E-state index contributed by atoms with van der Waals surface area (Å²) in [5.74, 6) is 1.87. The number of phenols is 1. The highest BCUT2D eigenvalue weighted by molar-refractivity contribution is 5.81. The largest absolute Gasteiger partial charge is 0.508 e. The van der Waals surface area contributed by atoms with Gasteiger partial charge in [-0.1, -0.05) is 20.8 Å². The molecule has 28 heavy (non-hydrogen) atoms. The first kappa shape index (κ1) is 21.2. The normalized spacial score (nSPS) is 26.0. The minimum Gasteiger partial charge on any atom is -0.508 e. The first-order valence-electron chi connectivity index (χ1n) is 10.7. The van der Waals surface area contributed by atoms with Crippen LogP contribution in [0.2, 0.25) is 0 Å². The lowest BCUT2D eigenvalue weighted by atomic mass is 9.65. The van der Waals surface area contributed by atoms with Gasteiger partial charge in [0.15, 0.2) is 0 Å². The second-order valence-corrected chi connectivity index (χ2v) is 10.2. The summed E-state index contributed by atoms with van der Waals surface area (Å²) >= 11 is 0. The van der Waals surface area contributed by atoms with Crippen LogP contribution in [-0.4, -0.2) is 27.7 Å². The second kappa shape index (κ2) is 7.37. The first-order chi connectivity index (χ1) is 12.9. The molecule has 3 rings (SSSR count). The van der Waals surface area contributed by atoms with Crippen LogP contribution < -0.4 is 4.74 Å². The molecule has 4 heteroatoms. The number of ketones is 1. The molecule has 1 aliphatic heterocycles. The topological polar surface area (TPSA) is 66.8 Å². The Morgan fingerprint density at radius 2 is 1.93 bits per heavy atom. The molecule has 0 amide bonds. The first-order valence-corrected chi connectivity index (χ1v) is 10.7. The third-order valence-electron chi connectivity index (χ3n) is 7.42. The molecule has 1 aromatic rings. The number of phenolic OH excluding ortho intramolecular Hbond substituents is 1. The SMILES string of the molecule is CC(O)CCC(C)C(C)(C)c1cc(O)c2c(c1)OC(C)(C)[C@H]1CCC(=O)C[C@@H]21. The molecular weight excluding hydrogens is 352 g/mol. The Morgan fingerprint density at radius 1 is 1.25 bits per heavy atom. The van der Waals surface area contributed by atoms with E-state index in [1.54, 1.807) is 0 Å². The lowest BCUT2D eigenvalue weighted by molar-refractivity contribution is -0.124. The maximum atomic E-state index is 12.1. The molecule has 0 radical (unpaired) electrons. The number of ether oxygens (including phenoxy) is 1. The number of carbonyl (C=O) groups excluding carboxylic acids is 1. The van der Waals surface area contributed by atoms with Crippen LogP contribution in [-0.2, 0) is 10.2 Å². The Bertz CT molecular complexity index is 747. The summed E-state index contributed by atoms with van der Waals surface area (Å²) in [6, 6.07) is 3.94. The summed E-state index contributed by atoms with van der Waals surface area (Å²) in [4.78, 5) is 12.1. The molecule has 0 bridgehead atoms. The number of hydrogen-bond acceptors (Lipinski definition) is 4. The highest BCUT2D eigenvalue weighted by atomic mass is 16.5. The van der Waals surface area contributed by atoms with E-state index in [1.807, 2.05) is 13.0 Å². The van der Waals surface area contributed by atoms with E-state index in [2.05, 4.69) is 40.7 Å². The fraction of sp³-hybridized carbons (Fsp3) is 0.708. The van der Waals surface area contributed by atoms with E-state index in [-0.39, 0.29) is 40.5 Å². The maximum absolute atomic E-state index is 12.1. The molecule has 1 saturated carbocycles. The third-order valence-corrected chi connectivity index (χ3v) is 7.42. The van der Waals surface area contributed by atoms with Gasteiger partial charge in [0, 0.05) is 30.2 Å². The Morgan fingerprint density at radius 3 is 2.57 bits per heavy atom. The number of aliphatic hydroxyl groups is 1. The Balaban J connectivity index is 1.99. The van der Waals surface area contributed by atoms with Crippen LogP contribution >= 0.6 is 0 Å². The Hall–Kier alpha value is -1.55. The maximum Gasteiger partial charge on any atom is 0.133 e. The average molecular weight is 389 g/mol. The molecule has 2 aliphatic rings. The summed E-state index contributed by atoms with van der Waals surface area (Å²) in [6.07, 6.45) is 3.28.